The number of aromatic nitrogens is 1. The third kappa shape index (κ3) is 4.05. The summed E-state index contributed by atoms with van der Waals surface area (Å²) in [7, 11) is -1.55. The van der Waals surface area contributed by atoms with Gasteiger partial charge in [-0.3, -0.25) is 4.98 Å². The van der Waals surface area contributed by atoms with Gasteiger partial charge in [0.25, 0.3) is 0 Å². The minimum absolute atomic E-state index is 0.0276. The molecule has 5 nitrogen and oxygen atoms in total. The first kappa shape index (κ1) is 16.5. The molecule has 118 valence electrons. The number of ether oxygens (including phenoxy) is 1. The van der Waals surface area contributed by atoms with E-state index in [1.54, 1.807) is 31.6 Å². The molecule has 0 saturated carbocycles. The summed E-state index contributed by atoms with van der Waals surface area (Å²) in [6.45, 7) is 0.0471. The van der Waals surface area contributed by atoms with Crippen molar-refractivity contribution < 1.29 is 18.3 Å². The lowest BCUT2D eigenvalue weighted by molar-refractivity contribution is 0.299. The average molecular weight is 321 g/mol. The highest BCUT2D eigenvalue weighted by Gasteiger charge is 2.13. The van der Waals surface area contributed by atoms with Crippen molar-refractivity contribution in [3.63, 3.8) is 0 Å². The van der Waals surface area contributed by atoms with E-state index >= 15 is 0 Å². The normalized spacial score (nSPS) is 11.4. The van der Waals surface area contributed by atoms with Crippen LogP contribution in [0.5, 0.6) is 5.75 Å². The van der Waals surface area contributed by atoms with E-state index in [4.69, 9.17) is 4.74 Å². The molecule has 1 N–H and O–H groups in total. The average Bonchev–Trinajstić information content (AvgIpc) is 2.46. The van der Waals surface area contributed by atoms with Gasteiger partial charge in [-0.2, -0.15) is 0 Å². The molecule has 1 aromatic carbocycles. The first-order valence-electron chi connectivity index (χ1n) is 6.83. The molecular weight excluding hydrogens is 302 g/mol. The minimum Gasteiger partial charge on any atom is -0.496 e. The predicted octanol–water partition coefficient (Wildman–Crippen LogP) is 1.84. The molecule has 6 heteroatoms. The summed E-state index contributed by atoms with van der Waals surface area (Å²) >= 11 is 0. The third-order valence-corrected chi connectivity index (χ3v) is 4.14. The minimum atomic E-state index is -3.10. The Morgan fingerprint density at radius 2 is 2.00 bits per heavy atom. The number of aliphatic hydroxyl groups is 1. The predicted molar refractivity (Wildman–Crippen MR) is 85.6 cm³/mol. The van der Waals surface area contributed by atoms with Crippen LogP contribution in [0.1, 0.15) is 11.1 Å². The highest BCUT2D eigenvalue weighted by Crippen LogP contribution is 2.33. The second-order valence-corrected chi connectivity index (χ2v) is 7.25. The van der Waals surface area contributed by atoms with E-state index in [1.165, 1.54) is 6.26 Å². The van der Waals surface area contributed by atoms with Crippen molar-refractivity contribution in [2.45, 2.75) is 12.2 Å². The summed E-state index contributed by atoms with van der Waals surface area (Å²) in [5, 5.41) is 9.17. The van der Waals surface area contributed by atoms with Crippen molar-refractivity contribution in [2.75, 3.05) is 20.0 Å². The number of pyridine rings is 1. The van der Waals surface area contributed by atoms with Crippen LogP contribution < -0.4 is 4.74 Å². The summed E-state index contributed by atoms with van der Waals surface area (Å²) < 4.78 is 28.2. The van der Waals surface area contributed by atoms with Crippen LogP contribution >= 0.6 is 0 Å². The number of sulfone groups is 1. The maximum atomic E-state index is 11.4. The van der Waals surface area contributed by atoms with Gasteiger partial charge in [-0.25, -0.2) is 8.42 Å². The monoisotopic (exact) mass is 321 g/mol. The zero-order valence-electron chi connectivity index (χ0n) is 12.6. The molecule has 1 aromatic heterocycles. The van der Waals surface area contributed by atoms with Gasteiger partial charge in [0, 0.05) is 36.4 Å². The van der Waals surface area contributed by atoms with Gasteiger partial charge in [0.05, 0.1) is 12.9 Å². The number of nitrogens with zero attached hydrogens (tertiary/aromatic N) is 1. The molecule has 1 heterocycles. The largest absolute Gasteiger partial charge is 0.496 e. The lowest BCUT2D eigenvalue weighted by Crippen LogP contribution is -2.02. The Morgan fingerprint density at radius 3 is 2.64 bits per heavy atom. The number of hydrogen-bond donors (Lipinski definition) is 1. The maximum absolute atomic E-state index is 11.4. The lowest BCUT2D eigenvalue weighted by atomic mass is 9.98. The molecule has 0 spiro atoms. The van der Waals surface area contributed by atoms with Crippen LogP contribution in [-0.4, -0.2) is 38.5 Å². The van der Waals surface area contributed by atoms with Gasteiger partial charge < -0.3 is 9.84 Å². The molecule has 0 bridgehead atoms. The van der Waals surface area contributed by atoms with Crippen molar-refractivity contribution in [3.8, 4) is 16.9 Å². The fourth-order valence-corrected chi connectivity index (χ4v) is 3.14. The van der Waals surface area contributed by atoms with Crippen LogP contribution in [0.15, 0.2) is 36.7 Å². The van der Waals surface area contributed by atoms with Gasteiger partial charge in [-0.15, -0.1) is 0 Å². The van der Waals surface area contributed by atoms with Crippen LogP contribution in [-0.2, 0) is 22.0 Å². The highest BCUT2D eigenvalue weighted by atomic mass is 32.2. The van der Waals surface area contributed by atoms with E-state index in [-0.39, 0.29) is 12.4 Å². The van der Waals surface area contributed by atoms with Crippen LogP contribution in [0.2, 0.25) is 0 Å². The Bertz CT molecular complexity index is 756. The SMILES string of the molecule is COc1cc(CS(C)(=O)=O)ccc1-c1cnccc1CCO. The maximum Gasteiger partial charge on any atom is 0.151 e. The Balaban J connectivity index is 2.48. The van der Waals surface area contributed by atoms with Gasteiger partial charge >= 0.3 is 0 Å². The number of methoxy groups -OCH3 is 1. The van der Waals surface area contributed by atoms with E-state index in [0.717, 1.165) is 16.7 Å². The highest BCUT2D eigenvalue weighted by molar-refractivity contribution is 7.89. The summed E-state index contributed by atoms with van der Waals surface area (Å²) in [6, 6.07) is 7.19. The third-order valence-electron chi connectivity index (χ3n) is 3.28. The fourth-order valence-electron chi connectivity index (χ4n) is 2.35. The second kappa shape index (κ2) is 6.89. The molecule has 0 aliphatic carbocycles. The van der Waals surface area contributed by atoms with Crippen molar-refractivity contribution >= 4 is 9.84 Å². The van der Waals surface area contributed by atoms with Gasteiger partial charge in [0.15, 0.2) is 9.84 Å². The van der Waals surface area contributed by atoms with Gasteiger partial charge in [0.1, 0.15) is 5.75 Å². The number of aliphatic hydroxyl groups excluding tert-OH is 1. The van der Waals surface area contributed by atoms with Crippen molar-refractivity contribution in [2.24, 2.45) is 0 Å². The Kier molecular flexibility index (Phi) is 5.15. The molecule has 0 fully saturated rings. The Hall–Kier alpha value is -1.92. The van der Waals surface area contributed by atoms with E-state index in [2.05, 4.69) is 4.98 Å². The summed E-state index contributed by atoms with van der Waals surface area (Å²) in [5.41, 5.74) is 3.35. The summed E-state index contributed by atoms with van der Waals surface area (Å²) in [6.07, 6.45) is 5.12. The molecule has 2 aromatic rings. The summed E-state index contributed by atoms with van der Waals surface area (Å²) in [5.74, 6) is 0.563. The smallest absolute Gasteiger partial charge is 0.151 e. The Labute approximate surface area is 130 Å². The molecule has 0 atom stereocenters. The molecule has 0 aliphatic rings. The molecule has 22 heavy (non-hydrogen) atoms. The van der Waals surface area contributed by atoms with Crippen molar-refractivity contribution in [3.05, 3.63) is 47.8 Å². The van der Waals surface area contributed by atoms with Gasteiger partial charge in [0.2, 0.25) is 0 Å². The van der Waals surface area contributed by atoms with E-state index in [0.29, 0.717) is 17.7 Å². The van der Waals surface area contributed by atoms with Crippen LogP contribution in [0.25, 0.3) is 11.1 Å². The fraction of sp³-hybridized carbons (Fsp3) is 0.312. The van der Waals surface area contributed by atoms with Crippen LogP contribution in [0.4, 0.5) is 0 Å². The quantitative estimate of drug-likeness (QED) is 0.878. The van der Waals surface area contributed by atoms with Crippen molar-refractivity contribution in [1.29, 1.82) is 0 Å². The van der Waals surface area contributed by atoms with Crippen molar-refractivity contribution in [1.82, 2.24) is 4.98 Å². The molecule has 0 amide bonds. The number of benzene rings is 1. The van der Waals surface area contributed by atoms with Gasteiger partial charge in [-0.05, 0) is 29.7 Å². The zero-order valence-corrected chi connectivity index (χ0v) is 13.4. The molecular formula is C16H19NO4S. The molecule has 0 radical (unpaired) electrons. The van der Waals surface area contributed by atoms with Crippen LogP contribution in [0.3, 0.4) is 0 Å². The second-order valence-electron chi connectivity index (χ2n) is 5.11. The number of rotatable bonds is 6. The van der Waals surface area contributed by atoms with E-state index in [1.807, 2.05) is 12.1 Å². The first-order valence-corrected chi connectivity index (χ1v) is 8.89. The summed E-state index contributed by atoms with van der Waals surface area (Å²) in [4.78, 5) is 4.13. The topological polar surface area (TPSA) is 76.5 Å². The van der Waals surface area contributed by atoms with Crippen LogP contribution in [0, 0.1) is 0 Å². The first-order chi connectivity index (χ1) is 10.4. The lowest BCUT2D eigenvalue weighted by Gasteiger charge is -2.13. The molecule has 2 rings (SSSR count). The number of hydrogen-bond acceptors (Lipinski definition) is 5. The Morgan fingerprint density at radius 1 is 1.23 bits per heavy atom. The van der Waals surface area contributed by atoms with E-state index < -0.39 is 9.84 Å². The zero-order chi connectivity index (χ0) is 16.2. The van der Waals surface area contributed by atoms with E-state index in [9.17, 15) is 13.5 Å². The standard InChI is InChI=1S/C16H19NO4S/c1-21-16-9-12(11-22(2,19)20)3-4-14(16)15-10-17-7-5-13(15)6-8-18/h3-5,7,9-10,18H,6,8,11H2,1-2H3. The van der Waals surface area contributed by atoms with Gasteiger partial charge in [-0.1, -0.05) is 12.1 Å². The molecule has 0 aliphatic heterocycles. The molecule has 0 saturated heterocycles. The molecule has 0 unspecified atom stereocenters.